The lowest BCUT2D eigenvalue weighted by Crippen LogP contribution is -2.33. The van der Waals surface area contributed by atoms with Crippen LogP contribution in [0.1, 0.15) is 0 Å². The molecule has 0 aliphatic heterocycles. The Labute approximate surface area is 87.6 Å². The molecule has 1 atom stereocenters. The Morgan fingerprint density at radius 3 is 2.86 bits per heavy atom. The van der Waals surface area contributed by atoms with E-state index < -0.39 is 15.9 Å². The van der Waals surface area contributed by atoms with Crippen LogP contribution in [0.25, 0.3) is 0 Å². The van der Waals surface area contributed by atoms with Gasteiger partial charge in [0.25, 0.3) is 0 Å². The van der Waals surface area contributed by atoms with Gasteiger partial charge in [0, 0.05) is 13.2 Å². The highest BCUT2D eigenvalue weighted by Gasteiger charge is 2.19. The highest BCUT2D eigenvalue weighted by Crippen LogP contribution is 2.17. The van der Waals surface area contributed by atoms with Crippen LogP contribution in [0.15, 0.2) is 21.7 Å². The summed E-state index contributed by atoms with van der Waals surface area (Å²) in [6, 6.07) is 2.82. The topological polar surface area (TPSA) is 69.4 Å². The van der Waals surface area contributed by atoms with E-state index in [1.807, 2.05) is 0 Å². The highest BCUT2D eigenvalue weighted by molar-refractivity contribution is 7.93. The van der Waals surface area contributed by atoms with Crippen LogP contribution < -0.4 is 5.73 Å². The van der Waals surface area contributed by atoms with E-state index in [0.29, 0.717) is 4.21 Å². The predicted molar refractivity (Wildman–Crippen MR) is 56.2 cm³/mol. The molecule has 0 amide bonds. The van der Waals surface area contributed by atoms with Crippen molar-refractivity contribution >= 4 is 21.2 Å². The van der Waals surface area contributed by atoms with Crippen LogP contribution in [0, 0.1) is 0 Å². The molecule has 1 heterocycles. The Balaban J connectivity index is 2.68. The molecule has 0 spiro atoms. The molecule has 1 unspecified atom stereocenters. The summed E-state index contributed by atoms with van der Waals surface area (Å²) >= 11 is 1.21. The Hall–Kier alpha value is -0.430. The fraction of sp³-hybridized carbons (Fsp3) is 0.500. The molecule has 14 heavy (non-hydrogen) atoms. The summed E-state index contributed by atoms with van der Waals surface area (Å²) < 4.78 is 28.5. The molecule has 2 N–H and O–H groups in total. The third kappa shape index (κ3) is 3.06. The van der Waals surface area contributed by atoms with Crippen molar-refractivity contribution in [3.63, 3.8) is 0 Å². The van der Waals surface area contributed by atoms with Gasteiger partial charge in [-0.05, 0) is 11.4 Å². The SMILES string of the molecule is COCC(N)CS(=O)(=O)c1cccs1. The minimum absolute atomic E-state index is 0.0681. The molecule has 0 aromatic carbocycles. The third-order valence-electron chi connectivity index (χ3n) is 1.62. The van der Waals surface area contributed by atoms with Gasteiger partial charge in [-0.1, -0.05) is 6.07 Å². The second-order valence-electron chi connectivity index (χ2n) is 2.93. The number of hydrogen-bond donors (Lipinski definition) is 1. The maximum Gasteiger partial charge on any atom is 0.189 e. The molecule has 80 valence electrons. The van der Waals surface area contributed by atoms with Gasteiger partial charge >= 0.3 is 0 Å². The van der Waals surface area contributed by atoms with Crippen molar-refractivity contribution in [3.8, 4) is 0 Å². The Bertz CT molecular complexity index is 358. The zero-order chi connectivity index (χ0) is 10.6. The molecule has 0 radical (unpaired) electrons. The van der Waals surface area contributed by atoms with Gasteiger partial charge in [0.1, 0.15) is 4.21 Å². The molecule has 4 nitrogen and oxygen atoms in total. The Morgan fingerprint density at radius 1 is 1.64 bits per heavy atom. The van der Waals surface area contributed by atoms with Gasteiger partial charge in [0.2, 0.25) is 0 Å². The summed E-state index contributed by atoms with van der Waals surface area (Å²) in [5.74, 6) is -0.0681. The Kier molecular flexibility index (Phi) is 4.06. The zero-order valence-corrected chi connectivity index (χ0v) is 9.48. The summed E-state index contributed by atoms with van der Waals surface area (Å²) in [4.78, 5) is 0. The van der Waals surface area contributed by atoms with Crippen LogP contribution in [-0.4, -0.2) is 33.9 Å². The molecule has 1 aromatic heterocycles. The van der Waals surface area contributed by atoms with E-state index in [1.54, 1.807) is 17.5 Å². The van der Waals surface area contributed by atoms with E-state index in [9.17, 15) is 8.42 Å². The van der Waals surface area contributed by atoms with Gasteiger partial charge < -0.3 is 10.5 Å². The summed E-state index contributed by atoms with van der Waals surface area (Å²) in [6.45, 7) is 0.255. The first-order valence-corrected chi connectivity index (χ1v) is 6.60. The standard InChI is InChI=1S/C8H13NO3S2/c1-12-5-7(9)6-14(10,11)8-3-2-4-13-8/h2-4,7H,5-6,9H2,1H3. The first-order valence-electron chi connectivity index (χ1n) is 4.07. The number of nitrogens with two attached hydrogens (primary N) is 1. The first kappa shape index (κ1) is 11.6. The normalized spacial score (nSPS) is 14.1. The van der Waals surface area contributed by atoms with E-state index in [-0.39, 0.29) is 12.4 Å². The highest BCUT2D eigenvalue weighted by atomic mass is 32.2. The number of methoxy groups -OCH3 is 1. The van der Waals surface area contributed by atoms with Gasteiger partial charge in [-0.25, -0.2) is 8.42 Å². The van der Waals surface area contributed by atoms with E-state index in [1.165, 1.54) is 18.4 Å². The van der Waals surface area contributed by atoms with Crippen molar-refractivity contribution < 1.29 is 13.2 Å². The van der Waals surface area contributed by atoms with Gasteiger partial charge in [0.05, 0.1) is 12.4 Å². The van der Waals surface area contributed by atoms with E-state index in [2.05, 4.69) is 0 Å². The quantitative estimate of drug-likeness (QED) is 0.806. The van der Waals surface area contributed by atoms with Crippen molar-refractivity contribution in [2.75, 3.05) is 19.5 Å². The summed E-state index contributed by atoms with van der Waals surface area (Å²) in [5.41, 5.74) is 5.58. The van der Waals surface area contributed by atoms with Crippen molar-refractivity contribution in [2.45, 2.75) is 10.3 Å². The molecule has 0 fully saturated rings. The van der Waals surface area contributed by atoms with Crippen LogP contribution in [0.2, 0.25) is 0 Å². The van der Waals surface area contributed by atoms with E-state index in [0.717, 1.165) is 0 Å². The minimum atomic E-state index is -3.22. The summed E-state index contributed by atoms with van der Waals surface area (Å²) in [7, 11) is -1.73. The van der Waals surface area contributed by atoms with E-state index >= 15 is 0 Å². The third-order valence-corrected chi connectivity index (χ3v) is 4.94. The molecule has 6 heteroatoms. The molecule has 0 saturated carbocycles. The second-order valence-corrected chi connectivity index (χ2v) is 6.14. The average molecular weight is 235 g/mol. The molecule has 0 aliphatic carbocycles. The number of ether oxygens (including phenoxy) is 1. The lowest BCUT2D eigenvalue weighted by atomic mass is 10.4. The first-order chi connectivity index (χ1) is 6.56. The number of sulfone groups is 1. The van der Waals surface area contributed by atoms with Crippen LogP contribution in [0.4, 0.5) is 0 Å². The maximum absolute atomic E-state index is 11.7. The van der Waals surface area contributed by atoms with Crippen LogP contribution >= 0.6 is 11.3 Å². The lowest BCUT2D eigenvalue weighted by Gasteiger charge is -2.09. The zero-order valence-electron chi connectivity index (χ0n) is 7.84. The van der Waals surface area contributed by atoms with Crippen LogP contribution in [-0.2, 0) is 14.6 Å². The van der Waals surface area contributed by atoms with E-state index in [4.69, 9.17) is 10.5 Å². The largest absolute Gasteiger partial charge is 0.383 e. The predicted octanol–water partition coefficient (Wildman–Crippen LogP) is 0.496. The number of thiophene rings is 1. The smallest absolute Gasteiger partial charge is 0.189 e. The molecule has 0 saturated heterocycles. The van der Waals surface area contributed by atoms with Crippen molar-refractivity contribution in [1.29, 1.82) is 0 Å². The lowest BCUT2D eigenvalue weighted by molar-refractivity contribution is 0.186. The van der Waals surface area contributed by atoms with Gasteiger partial charge in [-0.2, -0.15) is 0 Å². The van der Waals surface area contributed by atoms with Crippen LogP contribution in [0.5, 0.6) is 0 Å². The molecule has 1 aromatic rings. The van der Waals surface area contributed by atoms with Gasteiger partial charge in [-0.3, -0.25) is 0 Å². The molecule has 0 bridgehead atoms. The summed E-state index contributed by atoms with van der Waals surface area (Å²) in [5, 5.41) is 1.73. The average Bonchev–Trinajstić information content (AvgIpc) is 2.54. The molecule has 0 aliphatic rings. The Morgan fingerprint density at radius 2 is 2.36 bits per heavy atom. The van der Waals surface area contributed by atoms with Crippen molar-refractivity contribution in [3.05, 3.63) is 17.5 Å². The minimum Gasteiger partial charge on any atom is -0.383 e. The van der Waals surface area contributed by atoms with Crippen LogP contribution in [0.3, 0.4) is 0 Å². The number of rotatable bonds is 5. The number of hydrogen-bond acceptors (Lipinski definition) is 5. The molecular weight excluding hydrogens is 222 g/mol. The fourth-order valence-corrected chi connectivity index (χ4v) is 3.58. The summed E-state index contributed by atoms with van der Waals surface area (Å²) in [6.07, 6.45) is 0. The maximum atomic E-state index is 11.7. The molecule has 1 rings (SSSR count). The fourth-order valence-electron chi connectivity index (χ4n) is 1.07. The molecular formula is C8H13NO3S2. The van der Waals surface area contributed by atoms with Gasteiger partial charge in [-0.15, -0.1) is 11.3 Å². The van der Waals surface area contributed by atoms with Crippen molar-refractivity contribution in [2.24, 2.45) is 5.73 Å². The monoisotopic (exact) mass is 235 g/mol. The van der Waals surface area contributed by atoms with Crippen molar-refractivity contribution in [1.82, 2.24) is 0 Å². The van der Waals surface area contributed by atoms with Gasteiger partial charge in [0.15, 0.2) is 9.84 Å². The second kappa shape index (κ2) is 4.88.